The van der Waals surface area contributed by atoms with Gasteiger partial charge >= 0.3 is 0 Å². The van der Waals surface area contributed by atoms with Gasteiger partial charge in [0.2, 0.25) is 0 Å². The van der Waals surface area contributed by atoms with Crippen LogP contribution in [0.15, 0.2) is 77.5 Å². The van der Waals surface area contributed by atoms with Crippen LogP contribution in [0.4, 0.5) is 5.69 Å². The van der Waals surface area contributed by atoms with Crippen molar-refractivity contribution in [1.82, 2.24) is 4.57 Å². The first-order valence-corrected chi connectivity index (χ1v) is 7.32. The molecule has 0 spiro atoms. The van der Waals surface area contributed by atoms with Gasteiger partial charge in [-0.2, -0.15) is 0 Å². The Bertz CT molecular complexity index is 690. The summed E-state index contributed by atoms with van der Waals surface area (Å²) in [6.07, 6.45) is 4.10. The third kappa shape index (κ3) is 3.11. The minimum atomic E-state index is 0.814. The summed E-state index contributed by atoms with van der Waals surface area (Å²) in [6.45, 7) is 0.814. The SMILES string of the molecule is Brc1cccc(CNc2cccc(-n3cccc3)c2)c1. The molecular formula is C17H15BrN2. The number of nitrogens with zero attached hydrogens (tertiary/aromatic N) is 1. The van der Waals surface area contributed by atoms with Gasteiger partial charge in [-0.3, -0.25) is 0 Å². The van der Waals surface area contributed by atoms with E-state index in [4.69, 9.17) is 0 Å². The maximum Gasteiger partial charge on any atom is 0.0469 e. The normalized spacial score (nSPS) is 10.4. The molecule has 0 unspecified atom stereocenters. The molecule has 1 aromatic heterocycles. The van der Waals surface area contributed by atoms with Crippen LogP contribution in [0.25, 0.3) is 5.69 Å². The fourth-order valence-corrected chi connectivity index (χ4v) is 2.58. The van der Waals surface area contributed by atoms with Crippen molar-refractivity contribution in [1.29, 1.82) is 0 Å². The van der Waals surface area contributed by atoms with Gasteiger partial charge in [-0.05, 0) is 48.0 Å². The van der Waals surface area contributed by atoms with E-state index in [0.29, 0.717) is 0 Å². The van der Waals surface area contributed by atoms with Gasteiger partial charge in [0.05, 0.1) is 0 Å². The van der Waals surface area contributed by atoms with Gasteiger partial charge < -0.3 is 9.88 Å². The highest BCUT2D eigenvalue weighted by Gasteiger charge is 1.98. The van der Waals surface area contributed by atoms with E-state index in [1.54, 1.807) is 0 Å². The fraction of sp³-hybridized carbons (Fsp3) is 0.0588. The van der Waals surface area contributed by atoms with E-state index in [0.717, 1.165) is 22.4 Å². The molecule has 0 bridgehead atoms. The number of aromatic nitrogens is 1. The van der Waals surface area contributed by atoms with Gasteiger partial charge in [-0.25, -0.2) is 0 Å². The monoisotopic (exact) mass is 326 g/mol. The van der Waals surface area contributed by atoms with Crippen molar-refractivity contribution < 1.29 is 0 Å². The molecule has 3 aromatic rings. The number of rotatable bonds is 4. The van der Waals surface area contributed by atoms with Crippen molar-refractivity contribution in [3.63, 3.8) is 0 Å². The van der Waals surface area contributed by atoms with E-state index < -0.39 is 0 Å². The lowest BCUT2D eigenvalue weighted by Gasteiger charge is -2.09. The molecule has 0 amide bonds. The Morgan fingerprint density at radius 3 is 2.50 bits per heavy atom. The lowest BCUT2D eigenvalue weighted by molar-refractivity contribution is 1.07. The topological polar surface area (TPSA) is 17.0 Å². The average Bonchev–Trinajstić information content (AvgIpc) is 3.00. The summed E-state index contributed by atoms with van der Waals surface area (Å²) in [5, 5.41) is 3.46. The molecule has 0 aliphatic heterocycles. The van der Waals surface area contributed by atoms with E-state index in [1.165, 1.54) is 5.56 Å². The highest BCUT2D eigenvalue weighted by molar-refractivity contribution is 9.10. The van der Waals surface area contributed by atoms with Crippen molar-refractivity contribution in [3.05, 3.63) is 83.1 Å². The second kappa shape index (κ2) is 5.97. The average molecular weight is 327 g/mol. The number of hydrogen-bond donors (Lipinski definition) is 1. The fourth-order valence-electron chi connectivity index (χ4n) is 2.13. The van der Waals surface area contributed by atoms with Crippen LogP contribution in [-0.2, 0) is 6.54 Å². The largest absolute Gasteiger partial charge is 0.381 e. The van der Waals surface area contributed by atoms with Gasteiger partial charge in [0.1, 0.15) is 0 Å². The Hall–Kier alpha value is -2.00. The molecule has 0 saturated heterocycles. The summed E-state index contributed by atoms with van der Waals surface area (Å²) in [4.78, 5) is 0. The second-order valence-electron chi connectivity index (χ2n) is 4.62. The molecular weight excluding hydrogens is 312 g/mol. The van der Waals surface area contributed by atoms with Crippen molar-refractivity contribution in [2.24, 2.45) is 0 Å². The molecule has 20 heavy (non-hydrogen) atoms. The Labute approximate surface area is 127 Å². The molecule has 0 fully saturated rings. The van der Waals surface area contributed by atoms with Gasteiger partial charge in [0.25, 0.3) is 0 Å². The number of halogens is 1. The molecule has 0 aliphatic carbocycles. The van der Waals surface area contributed by atoms with Gasteiger partial charge in [-0.1, -0.05) is 34.1 Å². The summed E-state index contributed by atoms with van der Waals surface area (Å²) >= 11 is 3.50. The lowest BCUT2D eigenvalue weighted by atomic mass is 10.2. The zero-order valence-corrected chi connectivity index (χ0v) is 12.5. The number of nitrogens with one attached hydrogen (secondary N) is 1. The van der Waals surface area contributed by atoms with Gasteiger partial charge in [-0.15, -0.1) is 0 Å². The van der Waals surface area contributed by atoms with Gasteiger partial charge in [0.15, 0.2) is 0 Å². The second-order valence-corrected chi connectivity index (χ2v) is 5.54. The van der Waals surface area contributed by atoms with E-state index >= 15 is 0 Å². The minimum Gasteiger partial charge on any atom is -0.381 e. The van der Waals surface area contributed by atoms with Crippen molar-refractivity contribution in [3.8, 4) is 5.69 Å². The van der Waals surface area contributed by atoms with Crippen molar-refractivity contribution in [2.45, 2.75) is 6.54 Å². The van der Waals surface area contributed by atoms with Crippen LogP contribution in [0.5, 0.6) is 0 Å². The molecule has 0 saturated carbocycles. The standard InChI is InChI=1S/C17H15BrN2/c18-15-6-3-5-14(11-15)13-19-16-7-4-8-17(12-16)20-9-1-2-10-20/h1-12,19H,13H2. The number of anilines is 1. The molecule has 3 heteroatoms. The summed E-state index contributed by atoms with van der Waals surface area (Å²) in [6, 6.07) is 20.8. The molecule has 0 atom stereocenters. The first-order valence-electron chi connectivity index (χ1n) is 6.53. The Morgan fingerprint density at radius 1 is 0.900 bits per heavy atom. The summed E-state index contributed by atoms with van der Waals surface area (Å²) in [5.41, 5.74) is 3.54. The Kier molecular flexibility index (Phi) is 3.88. The first-order chi connectivity index (χ1) is 9.81. The summed E-state index contributed by atoms with van der Waals surface area (Å²) in [5.74, 6) is 0. The highest BCUT2D eigenvalue weighted by Crippen LogP contribution is 2.17. The van der Waals surface area contributed by atoms with Crippen LogP contribution in [0, 0.1) is 0 Å². The maximum absolute atomic E-state index is 3.50. The molecule has 3 rings (SSSR count). The molecule has 2 aromatic carbocycles. The predicted molar refractivity (Wildman–Crippen MR) is 87.2 cm³/mol. The summed E-state index contributed by atoms with van der Waals surface area (Å²) < 4.78 is 3.21. The molecule has 100 valence electrons. The van der Waals surface area contributed by atoms with Crippen molar-refractivity contribution >= 4 is 21.6 Å². The smallest absolute Gasteiger partial charge is 0.0469 e. The maximum atomic E-state index is 3.50. The predicted octanol–water partition coefficient (Wildman–Crippen LogP) is 4.85. The zero-order chi connectivity index (χ0) is 13.8. The van der Waals surface area contributed by atoms with Crippen LogP contribution in [0.3, 0.4) is 0 Å². The highest BCUT2D eigenvalue weighted by atomic mass is 79.9. The number of benzene rings is 2. The van der Waals surface area contributed by atoms with Crippen LogP contribution in [0.2, 0.25) is 0 Å². The van der Waals surface area contributed by atoms with Crippen molar-refractivity contribution in [2.75, 3.05) is 5.32 Å². The molecule has 2 nitrogen and oxygen atoms in total. The van der Waals surface area contributed by atoms with Gasteiger partial charge in [0, 0.05) is 34.8 Å². The minimum absolute atomic E-state index is 0.814. The quantitative estimate of drug-likeness (QED) is 0.725. The van der Waals surface area contributed by atoms with E-state index in [-0.39, 0.29) is 0 Å². The van der Waals surface area contributed by atoms with E-state index in [9.17, 15) is 0 Å². The Balaban J connectivity index is 1.73. The zero-order valence-electron chi connectivity index (χ0n) is 11.0. The number of hydrogen-bond acceptors (Lipinski definition) is 1. The molecule has 0 radical (unpaired) electrons. The molecule has 0 aliphatic rings. The molecule has 1 heterocycles. The van der Waals surface area contributed by atoms with Crippen LogP contribution >= 0.6 is 15.9 Å². The Morgan fingerprint density at radius 2 is 1.70 bits per heavy atom. The van der Waals surface area contributed by atoms with E-state index in [1.807, 2.05) is 30.6 Å². The van der Waals surface area contributed by atoms with Crippen LogP contribution < -0.4 is 5.32 Å². The third-order valence-corrected chi connectivity index (χ3v) is 3.63. The third-order valence-electron chi connectivity index (χ3n) is 3.13. The lowest BCUT2D eigenvalue weighted by Crippen LogP contribution is -2.00. The van der Waals surface area contributed by atoms with Crippen LogP contribution in [-0.4, -0.2) is 4.57 Å². The summed E-state index contributed by atoms with van der Waals surface area (Å²) in [7, 11) is 0. The molecule has 1 N–H and O–H groups in total. The van der Waals surface area contributed by atoms with E-state index in [2.05, 4.69) is 68.3 Å². The van der Waals surface area contributed by atoms with Crippen LogP contribution in [0.1, 0.15) is 5.56 Å². The first kappa shape index (κ1) is 13.0.